The fourth-order valence-corrected chi connectivity index (χ4v) is 2.92. The average molecular weight is 381 g/mol. The predicted octanol–water partition coefficient (Wildman–Crippen LogP) is 3.06. The molecule has 0 aliphatic carbocycles. The van der Waals surface area contributed by atoms with Crippen molar-refractivity contribution in [2.45, 2.75) is 19.3 Å². The van der Waals surface area contributed by atoms with Crippen LogP contribution in [0, 0.1) is 0 Å². The minimum atomic E-state index is -0.255. The smallest absolute Gasteiger partial charge is 0.243 e. The van der Waals surface area contributed by atoms with Crippen LogP contribution >= 0.6 is 0 Å². The molecular weight excluding hydrogens is 358 g/mol. The van der Waals surface area contributed by atoms with Gasteiger partial charge in [0.25, 0.3) is 0 Å². The maximum Gasteiger partial charge on any atom is 0.243 e. The number of carbonyl (C=O) groups excluding carboxylic acids is 2. The van der Waals surface area contributed by atoms with E-state index in [-0.39, 0.29) is 24.7 Å². The van der Waals surface area contributed by atoms with Crippen LogP contribution in [0.5, 0.6) is 11.5 Å². The number of benzene rings is 2. The molecule has 2 aromatic carbocycles. The highest BCUT2D eigenvalue weighted by atomic mass is 16.5. The second-order valence-corrected chi connectivity index (χ2v) is 6.33. The van der Waals surface area contributed by atoms with E-state index in [0.717, 1.165) is 11.3 Å². The van der Waals surface area contributed by atoms with Gasteiger partial charge in [-0.1, -0.05) is 30.3 Å². The summed E-state index contributed by atoms with van der Waals surface area (Å²) in [6, 6.07) is 14.9. The first-order valence-corrected chi connectivity index (χ1v) is 9.05. The lowest BCUT2D eigenvalue weighted by molar-refractivity contribution is -0.132. The molecule has 1 aliphatic heterocycles. The highest BCUT2D eigenvalue weighted by Crippen LogP contribution is 2.26. The van der Waals surface area contributed by atoms with E-state index in [2.05, 4.69) is 10.4 Å². The minimum Gasteiger partial charge on any atom is -0.497 e. The molecule has 0 aromatic heterocycles. The second-order valence-electron chi connectivity index (χ2n) is 6.33. The van der Waals surface area contributed by atoms with Gasteiger partial charge in [0.05, 0.1) is 26.5 Å². The predicted molar refractivity (Wildman–Crippen MR) is 107 cm³/mol. The quantitative estimate of drug-likeness (QED) is 0.799. The zero-order valence-corrected chi connectivity index (χ0v) is 16.0. The molecule has 0 atom stereocenters. The lowest BCUT2D eigenvalue weighted by Crippen LogP contribution is -2.25. The standard InChI is InChI=1S/C21H23N3O4/c1-27-17-12-16(13-18(14-17)28-2)22-20(25)8-9-21(26)24-11-10-19(23-24)15-6-4-3-5-7-15/h3-7,12-14H,8-11H2,1-2H3,(H,22,25). The molecule has 1 aliphatic rings. The molecule has 0 saturated carbocycles. The first kappa shape index (κ1) is 19.4. The number of hydrogen-bond acceptors (Lipinski definition) is 5. The van der Waals surface area contributed by atoms with Gasteiger partial charge >= 0.3 is 0 Å². The Morgan fingerprint density at radius 2 is 1.71 bits per heavy atom. The van der Waals surface area contributed by atoms with Gasteiger partial charge in [0.15, 0.2) is 0 Å². The minimum absolute atomic E-state index is 0.0745. The molecule has 0 bridgehead atoms. The molecule has 0 radical (unpaired) electrons. The molecule has 3 rings (SSSR count). The van der Waals surface area contributed by atoms with Crippen LogP contribution in [0.2, 0.25) is 0 Å². The highest BCUT2D eigenvalue weighted by Gasteiger charge is 2.22. The molecule has 2 aromatic rings. The summed E-state index contributed by atoms with van der Waals surface area (Å²) in [5.41, 5.74) is 2.46. The normalized spacial score (nSPS) is 13.1. The maximum absolute atomic E-state index is 12.4. The topological polar surface area (TPSA) is 80.2 Å². The molecule has 7 nitrogen and oxygen atoms in total. The van der Waals surface area contributed by atoms with Crippen LogP contribution in [0.3, 0.4) is 0 Å². The molecular formula is C21H23N3O4. The van der Waals surface area contributed by atoms with Crippen molar-refractivity contribution in [1.29, 1.82) is 0 Å². The summed E-state index contributed by atoms with van der Waals surface area (Å²) in [5.74, 6) is 0.732. The molecule has 0 unspecified atom stereocenters. The summed E-state index contributed by atoms with van der Waals surface area (Å²) in [6.45, 7) is 0.539. The number of nitrogens with zero attached hydrogens (tertiary/aromatic N) is 2. The monoisotopic (exact) mass is 381 g/mol. The van der Waals surface area contributed by atoms with Crippen LogP contribution in [0.15, 0.2) is 53.6 Å². The van der Waals surface area contributed by atoms with E-state index in [1.807, 2.05) is 30.3 Å². The second kappa shape index (κ2) is 9.03. The van der Waals surface area contributed by atoms with Gasteiger partial charge in [-0.25, -0.2) is 5.01 Å². The van der Waals surface area contributed by atoms with E-state index >= 15 is 0 Å². The Hall–Kier alpha value is -3.35. The Balaban J connectivity index is 1.54. The fourth-order valence-electron chi connectivity index (χ4n) is 2.92. The lowest BCUT2D eigenvalue weighted by Gasteiger charge is -2.12. The molecule has 28 heavy (non-hydrogen) atoms. The van der Waals surface area contributed by atoms with E-state index in [0.29, 0.717) is 30.2 Å². The zero-order chi connectivity index (χ0) is 19.9. The summed E-state index contributed by atoms with van der Waals surface area (Å²) in [6.07, 6.45) is 0.884. The van der Waals surface area contributed by atoms with Crippen LogP contribution in [-0.4, -0.2) is 43.3 Å². The van der Waals surface area contributed by atoms with Crippen LogP contribution < -0.4 is 14.8 Å². The Labute approximate surface area is 163 Å². The van der Waals surface area contributed by atoms with Gasteiger partial charge in [-0.3, -0.25) is 9.59 Å². The van der Waals surface area contributed by atoms with Gasteiger partial charge in [0.2, 0.25) is 11.8 Å². The van der Waals surface area contributed by atoms with Crippen molar-refractivity contribution in [2.75, 3.05) is 26.1 Å². The third kappa shape index (κ3) is 4.88. The summed E-state index contributed by atoms with van der Waals surface area (Å²) < 4.78 is 10.4. The van der Waals surface area contributed by atoms with Crippen molar-refractivity contribution in [2.24, 2.45) is 5.10 Å². The van der Waals surface area contributed by atoms with Crippen LogP contribution in [0.1, 0.15) is 24.8 Å². The van der Waals surface area contributed by atoms with Gasteiger partial charge in [0.1, 0.15) is 11.5 Å². The number of amides is 2. The van der Waals surface area contributed by atoms with Gasteiger partial charge in [-0.05, 0) is 5.56 Å². The Morgan fingerprint density at radius 3 is 2.36 bits per heavy atom. The van der Waals surface area contributed by atoms with Crippen molar-refractivity contribution in [1.82, 2.24) is 5.01 Å². The van der Waals surface area contributed by atoms with Crippen molar-refractivity contribution in [3.8, 4) is 11.5 Å². The number of anilines is 1. The zero-order valence-electron chi connectivity index (χ0n) is 16.0. The Morgan fingerprint density at radius 1 is 1.04 bits per heavy atom. The number of hydrogen-bond donors (Lipinski definition) is 1. The highest BCUT2D eigenvalue weighted by molar-refractivity contribution is 6.02. The largest absolute Gasteiger partial charge is 0.497 e. The number of carbonyl (C=O) groups is 2. The molecule has 2 amide bonds. The van der Waals surface area contributed by atoms with Gasteiger partial charge in [-0.15, -0.1) is 0 Å². The lowest BCUT2D eigenvalue weighted by atomic mass is 10.1. The SMILES string of the molecule is COc1cc(NC(=O)CCC(=O)N2CCC(c3ccccc3)=N2)cc(OC)c1. The average Bonchev–Trinajstić information content (AvgIpc) is 3.22. The first-order chi connectivity index (χ1) is 13.6. The molecule has 1 heterocycles. The number of rotatable bonds is 7. The molecule has 1 N–H and O–H groups in total. The molecule has 0 fully saturated rings. The number of ether oxygens (including phenoxy) is 2. The number of hydrazone groups is 1. The van der Waals surface area contributed by atoms with Gasteiger partial charge in [-0.2, -0.15) is 5.10 Å². The Bertz CT molecular complexity index is 858. The molecule has 0 spiro atoms. The van der Waals surface area contributed by atoms with Crippen molar-refractivity contribution < 1.29 is 19.1 Å². The maximum atomic E-state index is 12.4. The van der Waals surface area contributed by atoms with E-state index in [1.54, 1.807) is 32.4 Å². The molecule has 0 saturated heterocycles. The van der Waals surface area contributed by atoms with E-state index in [4.69, 9.17) is 9.47 Å². The summed E-state index contributed by atoms with van der Waals surface area (Å²) >= 11 is 0. The van der Waals surface area contributed by atoms with E-state index in [1.165, 1.54) is 5.01 Å². The number of nitrogens with one attached hydrogen (secondary N) is 1. The Kier molecular flexibility index (Phi) is 6.26. The number of methoxy groups -OCH3 is 2. The summed E-state index contributed by atoms with van der Waals surface area (Å²) in [7, 11) is 3.08. The summed E-state index contributed by atoms with van der Waals surface area (Å²) in [5, 5.41) is 8.62. The fraction of sp³-hybridized carbons (Fsp3) is 0.286. The van der Waals surface area contributed by atoms with Crippen molar-refractivity contribution in [3.63, 3.8) is 0 Å². The van der Waals surface area contributed by atoms with Crippen molar-refractivity contribution >= 4 is 23.2 Å². The van der Waals surface area contributed by atoms with E-state index < -0.39 is 0 Å². The van der Waals surface area contributed by atoms with Crippen LogP contribution in [0.4, 0.5) is 5.69 Å². The third-order valence-corrected chi connectivity index (χ3v) is 4.40. The van der Waals surface area contributed by atoms with Crippen LogP contribution in [-0.2, 0) is 9.59 Å². The summed E-state index contributed by atoms with van der Waals surface area (Å²) in [4.78, 5) is 24.6. The molecule has 7 heteroatoms. The van der Waals surface area contributed by atoms with Crippen molar-refractivity contribution in [3.05, 3.63) is 54.1 Å². The van der Waals surface area contributed by atoms with Gasteiger partial charge < -0.3 is 14.8 Å². The first-order valence-electron chi connectivity index (χ1n) is 9.05. The van der Waals surface area contributed by atoms with Crippen LogP contribution in [0.25, 0.3) is 0 Å². The third-order valence-electron chi connectivity index (χ3n) is 4.40. The van der Waals surface area contributed by atoms with E-state index in [9.17, 15) is 9.59 Å². The molecule has 146 valence electrons. The van der Waals surface area contributed by atoms with Gasteiger partial charge in [0, 0.05) is 43.1 Å².